The molecule has 0 aromatic carbocycles. The van der Waals surface area contributed by atoms with Crippen LogP contribution >= 0.6 is 12.4 Å². The minimum Gasteiger partial charge on any atom is -0.374 e. The van der Waals surface area contributed by atoms with Gasteiger partial charge in [-0.1, -0.05) is 0 Å². The molecule has 3 rings (SSSR count). The molecule has 2 aliphatic heterocycles. The molecule has 1 saturated carbocycles. The molecule has 2 saturated heterocycles. The van der Waals surface area contributed by atoms with E-state index in [0.717, 1.165) is 51.9 Å². The zero-order valence-corrected chi connectivity index (χ0v) is 11.6. The van der Waals surface area contributed by atoms with Crippen LogP contribution in [-0.4, -0.2) is 49.2 Å². The number of hydrogen-bond acceptors (Lipinski definition) is 3. The number of carbonyl (C=O) groups excluding carboxylic acids is 1. The van der Waals surface area contributed by atoms with Gasteiger partial charge in [0.15, 0.2) is 0 Å². The zero-order chi connectivity index (χ0) is 11.7. The quantitative estimate of drug-likeness (QED) is 0.822. The van der Waals surface area contributed by atoms with Gasteiger partial charge in [-0.3, -0.25) is 4.79 Å². The van der Waals surface area contributed by atoms with Gasteiger partial charge in [0.05, 0.1) is 18.8 Å². The van der Waals surface area contributed by atoms with Crippen LogP contribution in [0, 0.1) is 5.92 Å². The first-order valence-electron chi connectivity index (χ1n) is 6.96. The maximum Gasteiger partial charge on any atom is 0.223 e. The van der Waals surface area contributed by atoms with Crippen molar-refractivity contribution in [2.75, 3.05) is 26.2 Å². The van der Waals surface area contributed by atoms with E-state index < -0.39 is 0 Å². The lowest BCUT2D eigenvalue weighted by Crippen LogP contribution is -2.51. The average Bonchev–Trinajstić information content (AvgIpc) is 2.97. The molecule has 1 aliphatic carbocycles. The Hall–Kier alpha value is -0.320. The number of halogens is 1. The largest absolute Gasteiger partial charge is 0.374 e. The van der Waals surface area contributed by atoms with Gasteiger partial charge in [-0.05, 0) is 44.7 Å². The Bertz CT molecular complexity index is 295. The van der Waals surface area contributed by atoms with Crippen LogP contribution < -0.4 is 5.32 Å². The minimum atomic E-state index is 0. The van der Waals surface area contributed by atoms with Gasteiger partial charge in [-0.2, -0.15) is 0 Å². The third-order valence-corrected chi connectivity index (χ3v) is 4.43. The fourth-order valence-electron chi connectivity index (χ4n) is 3.49. The molecular weight excluding hydrogens is 252 g/mol. The number of rotatable bonds is 2. The van der Waals surface area contributed by atoms with Gasteiger partial charge >= 0.3 is 0 Å². The zero-order valence-electron chi connectivity index (χ0n) is 10.8. The molecule has 1 amide bonds. The summed E-state index contributed by atoms with van der Waals surface area (Å²) < 4.78 is 5.75. The molecule has 0 aromatic rings. The molecule has 2 heterocycles. The third kappa shape index (κ3) is 2.81. The summed E-state index contributed by atoms with van der Waals surface area (Å²) in [6, 6.07) is 0.380. The van der Waals surface area contributed by atoms with Gasteiger partial charge in [0.25, 0.3) is 0 Å². The van der Waals surface area contributed by atoms with Crippen LogP contribution in [-0.2, 0) is 9.53 Å². The van der Waals surface area contributed by atoms with E-state index in [2.05, 4.69) is 10.2 Å². The predicted octanol–water partition coefficient (Wildman–Crippen LogP) is 1.19. The SMILES string of the molecule is Cl.O=C(CC1CCNC1)N1CCOC2CCCC21. The maximum atomic E-state index is 12.3. The Morgan fingerprint density at radius 2 is 2.22 bits per heavy atom. The van der Waals surface area contributed by atoms with Crippen molar-refractivity contribution >= 4 is 18.3 Å². The van der Waals surface area contributed by atoms with Crippen molar-refractivity contribution < 1.29 is 9.53 Å². The monoisotopic (exact) mass is 274 g/mol. The van der Waals surface area contributed by atoms with Crippen LogP contribution in [0.1, 0.15) is 32.1 Å². The number of fused-ring (bicyclic) bond motifs is 1. The summed E-state index contributed by atoms with van der Waals surface area (Å²) >= 11 is 0. The summed E-state index contributed by atoms with van der Waals surface area (Å²) in [5.41, 5.74) is 0. The molecule has 3 aliphatic rings. The standard InChI is InChI=1S/C13H22N2O2.ClH/c16-13(8-10-4-5-14-9-10)15-6-7-17-12-3-1-2-11(12)15;/h10-12,14H,1-9H2;1H. The van der Waals surface area contributed by atoms with E-state index in [0.29, 0.717) is 24.0 Å². The fraction of sp³-hybridized carbons (Fsp3) is 0.923. The lowest BCUT2D eigenvalue weighted by atomic mass is 10.0. The smallest absolute Gasteiger partial charge is 0.223 e. The molecular formula is C13H23ClN2O2. The van der Waals surface area contributed by atoms with Gasteiger partial charge in [-0.25, -0.2) is 0 Å². The van der Waals surface area contributed by atoms with Crippen molar-refractivity contribution in [2.45, 2.75) is 44.2 Å². The molecule has 3 fully saturated rings. The molecule has 0 radical (unpaired) electrons. The van der Waals surface area contributed by atoms with Crippen molar-refractivity contribution in [3.63, 3.8) is 0 Å². The number of nitrogens with one attached hydrogen (secondary N) is 1. The molecule has 0 aromatic heterocycles. The van der Waals surface area contributed by atoms with Crippen LogP contribution in [0.2, 0.25) is 0 Å². The predicted molar refractivity (Wildman–Crippen MR) is 71.9 cm³/mol. The highest BCUT2D eigenvalue weighted by Gasteiger charge is 2.38. The van der Waals surface area contributed by atoms with Crippen LogP contribution in [0.5, 0.6) is 0 Å². The van der Waals surface area contributed by atoms with Gasteiger partial charge in [0.1, 0.15) is 0 Å². The van der Waals surface area contributed by atoms with E-state index in [4.69, 9.17) is 4.74 Å². The summed E-state index contributed by atoms with van der Waals surface area (Å²) in [7, 11) is 0. The summed E-state index contributed by atoms with van der Waals surface area (Å²) in [5, 5.41) is 3.33. The molecule has 5 heteroatoms. The number of nitrogens with zero attached hydrogens (tertiary/aromatic N) is 1. The molecule has 18 heavy (non-hydrogen) atoms. The van der Waals surface area contributed by atoms with Crippen molar-refractivity contribution in [2.24, 2.45) is 5.92 Å². The molecule has 3 unspecified atom stereocenters. The summed E-state index contributed by atoms with van der Waals surface area (Å²) in [6.45, 7) is 3.63. The topological polar surface area (TPSA) is 41.6 Å². The Morgan fingerprint density at radius 1 is 1.33 bits per heavy atom. The first-order chi connectivity index (χ1) is 8.34. The second-order valence-corrected chi connectivity index (χ2v) is 5.56. The number of hydrogen-bond donors (Lipinski definition) is 1. The van der Waals surface area contributed by atoms with E-state index in [9.17, 15) is 4.79 Å². The lowest BCUT2D eigenvalue weighted by molar-refractivity contribution is -0.144. The molecule has 0 spiro atoms. The fourth-order valence-corrected chi connectivity index (χ4v) is 3.49. The van der Waals surface area contributed by atoms with Crippen molar-refractivity contribution in [1.29, 1.82) is 0 Å². The number of ether oxygens (including phenoxy) is 1. The Morgan fingerprint density at radius 3 is 3.00 bits per heavy atom. The van der Waals surface area contributed by atoms with Crippen LogP contribution in [0.3, 0.4) is 0 Å². The minimum absolute atomic E-state index is 0. The first kappa shape index (κ1) is 14.1. The summed E-state index contributed by atoms with van der Waals surface area (Å²) in [4.78, 5) is 14.4. The summed E-state index contributed by atoms with van der Waals surface area (Å²) in [5.74, 6) is 0.920. The van der Waals surface area contributed by atoms with Gasteiger partial charge in [-0.15, -0.1) is 12.4 Å². The van der Waals surface area contributed by atoms with Crippen molar-refractivity contribution in [3.05, 3.63) is 0 Å². The van der Waals surface area contributed by atoms with E-state index >= 15 is 0 Å². The molecule has 0 bridgehead atoms. The molecule has 4 nitrogen and oxygen atoms in total. The van der Waals surface area contributed by atoms with Crippen LogP contribution in [0.15, 0.2) is 0 Å². The van der Waals surface area contributed by atoms with E-state index in [1.54, 1.807) is 0 Å². The number of amides is 1. The number of morpholine rings is 1. The number of carbonyl (C=O) groups is 1. The third-order valence-electron chi connectivity index (χ3n) is 4.43. The van der Waals surface area contributed by atoms with Crippen molar-refractivity contribution in [3.8, 4) is 0 Å². The second-order valence-electron chi connectivity index (χ2n) is 5.56. The normalized spacial score (nSPS) is 35.1. The maximum absolute atomic E-state index is 12.3. The Labute approximate surface area is 115 Å². The van der Waals surface area contributed by atoms with Gasteiger partial charge in [0, 0.05) is 13.0 Å². The van der Waals surface area contributed by atoms with E-state index in [1.807, 2.05) is 0 Å². The lowest BCUT2D eigenvalue weighted by Gasteiger charge is -2.38. The van der Waals surface area contributed by atoms with E-state index in [-0.39, 0.29) is 12.4 Å². The highest BCUT2D eigenvalue weighted by atomic mass is 35.5. The van der Waals surface area contributed by atoms with Crippen molar-refractivity contribution in [1.82, 2.24) is 10.2 Å². The second kappa shape index (κ2) is 6.22. The van der Waals surface area contributed by atoms with Crippen LogP contribution in [0.25, 0.3) is 0 Å². The highest BCUT2D eigenvalue weighted by Crippen LogP contribution is 2.30. The van der Waals surface area contributed by atoms with E-state index in [1.165, 1.54) is 6.42 Å². The summed E-state index contributed by atoms with van der Waals surface area (Å²) in [6.07, 6.45) is 5.71. The molecule has 104 valence electrons. The molecule has 3 atom stereocenters. The first-order valence-corrected chi connectivity index (χ1v) is 6.96. The van der Waals surface area contributed by atoms with Gasteiger partial charge in [0.2, 0.25) is 5.91 Å². The Kier molecular flexibility index (Phi) is 4.87. The highest BCUT2D eigenvalue weighted by molar-refractivity contribution is 5.85. The van der Waals surface area contributed by atoms with Gasteiger partial charge < -0.3 is 15.0 Å². The van der Waals surface area contributed by atoms with Crippen LogP contribution in [0.4, 0.5) is 0 Å². The average molecular weight is 275 g/mol. The Balaban J connectivity index is 0.00000120. The molecule has 1 N–H and O–H groups in total.